The highest BCUT2D eigenvalue weighted by atomic mass is 19.1. The molecule has 2 amide bonds. The Labute approximate surface area is 155 Å². The summed E-state index contributed by atoms with van der Waals surface area (Å²) in [5, 5.41) is 0. The largest absolute Gasteiger partial charge is 0.463 e. The average Bonchev–Trinajstić information content (AvgIpc) is 2.99. The van der Waals surface area contributed by atoms with E-state index >= 15 is 0 Å². The molecule has 1 fully saturated rings. The van der Waals surface area contributed by atoms with Crippen LogP contribution in [0.5, 0.6) is 0 Å². The van der Waals surface area contributed by atoms with Crippen LogP contribution in [-0.2, 0) is 24.7 Å². The van der Waals surface area contributed by atoms with Crippen molar-refractivity contribution in [1.82, 2.24) is 0 Å². The summed E-state index contributed by atoms with van der Waals surface area (Å²) in [6.45, 7) is 7.69. The van der Waals surface area contributed by atoms with Crippen LogP contribution in [0.25, 0.3) is 4.85 Å². The van der Waals surface area contributed by atoms with Gasteiger partial charge in [-0.25, -0.2) is 20.7 Å². The lowest BCUT2D eigenvalue weighted by atomic mass is 9.77. The highest BCUT2D eigenvalue weighted by Crippen LogP contribution is 2.43. The zero-order valence-corrected chi connectivity index (χ0v) is 14.4. The van der Waals surface area contributed by atoms with Gasteiger partial charge >= 0.3 is 11.5 Å². The van der Waals surface area contributed by atoms with E-state index in [0.29, 0.717) is 0 Å². The van der Waals surface area contributed by atoms with Crippen molar-refractivity contribution in [2.24, 2.45) is 5.92 Å². The number of halogens is 1. The van der Waals surface area contributed by atoms with Gasteiger partial charge < -0.3 is 4.74 Å². The van der Waals surface area contributed by atoms with Gasteiger partial charge in [-0.05, 0) is 24.3 Å². The maximum absolute atomic E-state index is 13.2. The van der Waals surface area contributed by atoms with Crippen LogP contribution in [0.3, 0.4) is 0 Å². The molecule has 2 atom stereocenters. The fourth-order valence-electron chi connectivity index (χ4n) is 3.32. The highest BCUT2D eigenvalue weighted by Gasteiger charge is 2.63. The van der Waals surface area contributed by atoms with Gasteiger partial charge in [0.25, 0.3) is 0 Å². The van der Waals surface area contributed by atoms with E-state index in [1.54, 1.807) is 30.3 Å². The number of hydrogen-bond donors (Lipinski definition) is 0. The Morgan fingerprint density at radius 1 is 1.19 bits per heavy atom. The molecule has 6 nitrogen and oxygen atoms in total. The van der Waals surface area contributed by atoms with Crippen molar-refractivity contribution < 1.29 is 23.5 Å². The van der Waals surface area contributed by atoms with Crippen LogP contribution >= 0.6 is 0 Å². The van der Waals surface area contributed by atoms with Crippen molar-refractivity contribution in [2.75, 3.05) is 12.0 Å². The molecule has 0 aromatic heterocycles. The second-order valence-corrected chi connectivity index (χ2v) is 6.04. The van der Waals surface area contributed by atoms with Crippen LogP contribution in [0.15, 0.2) is 54.6 Å². The summed E-state index contributed by atoms with van der Waals surface area (Å²) in [6.07, 6.45) is -0.331. The third-order valence-corrected chi connectivity index (χ3v) is 4.62. The van der Waals surface area contributed by atoms with E-state index in [1.165, 1.54) is 12.1 Å². The van der Waals surface area contributed by atoms with Crippen molar-refractivity contribution in [2.45, 2.75) is 12.0 Å². The average molecular weight is 366 g/mol. The van der Waals surface area contributed by atoms with Crippen molar-refractivity contribution in [3.05, 3.63) is 77.4 Å². The quantitative estimate of drug-likeness (QED) is 0.474. The number of esters is 1. The van der Waals surface area contributed by atoms with E-state index in [9.17, 15) is 18.8 Å². The fourth-order valence-corrected chi connectivity index (χ4v) is 3.32. The molecule has 136 valence electrons. The number of methoxy groups -OCH3 is 1. The Hall–Kier alpha value is -3.53. The van der Waals surface area contributed by atoms with Gasteiger partial charge in [0.1, 0.15) is 11.7 Å². The number of anilines is 1. The zero-order chi connectivity index (χ0) is 19.6. The van der Waals surface area contributed by atoms with Crippen LogP contribution in [0.2, 0.25) is 0 Å². The number of rotatable bonds is 4. The van der Waals surface area contributed by atoms with Crippen LogP contribution in [0, 0.1) is 18.3 Å². The van der Waals surface area contributed by atoms with Crippen molar-refractivity contribution >= 4 is 23.5 Å². The Morgan fingerprint density at radius 2 is 1.81 bits per heavy atom. The predicted molar refractivity (Wildman–Crippen MR) is 93.7 cm³/mol. The maximum Gasteiger partial charge on any atom is 0.399 e. The number of hydrogen-bond acceptors (Lipinski definition) is 4. The lowest BCUT2D eigenvalue weighted by Gasteiger charge is -2.24. The van der Waals surface area contributed by atoms with Crippen LogP contribution in [-0.4, -0.2) is 24.9 Å². The molecule has 2 aromatic rings. The molecule has 3 rings (SSSR count). The van der Waals surface area contributed by atoms with Crippen molar-refractivity contribution in [1.29, 1.82) is 0 Å². The third-order valence-electron chi connectivity index (χ3n) is 4.62. The monoisotopic (exact) mass is 366 g/mol. The molecular weight excluding hydrogens is 351 g/mol. The van der Waals surface area contributed by atoms with E-state index < -0.39 is 35.1 Å². The van der Waals surface area contributed by atoms with Gasteiger partial charge in [0.05, 0.1) is 12.8 Å². The Balaban J connectivity index is 2.10. The van der Waals surface area contributed by atoms with E-state index in [0.717, 1.165) is 24.1 Å². The summed E-state index contributed by atoms with van der Waals surface area (Å²) < 4.78 is 18.0. The number of carbonyl (C=O) groups is 3. The molecule has 2 aromatic carbocycles. The summed E-state index contributed by atoms with van der Waals surface area (Å²) in [6, 6.07) is 12.9. The molecule has 0 bridgehead atoms. The van der Waals surface area contributed by atoms with E-state index in [1.807, 2.05) is 0 Å². The first-order valence-electron chi connectivity index (χ1n) is 8.10. The first kappa shape index (κ1) is 18.3. The van der Waals surface area contributed by atoms with Gasteiger partial charge in [-0.3, -0.25) is 14.4 Å². The highest BCUT2D eigenvalue weighted by molar-refractivity contribution is 6.22. The number of benzene rings is 2. The first-order valence-corrected chi connectivity index (χ1v) is 8.10. The molecule has 1 aliphatic rings. The van der Waals surface area contributed by atoms with Gasteiger partial charge in [0.15, 0.2) is 0 Å². The zero-order valence-electron chi connectivity index (χ0n) is 14.4. The Bertz CT molecular complexity index is 937. The summed E-state index contributed by atoms with van der Waals surface area (Å²) >= 11 is 0. The van der Waals surface area contributed by atoms with Gasteiger partial charge in [-0.15, -0.1) is 0 Å². The molecule has 0 spiro atoms. The first-order chi connectivity index (χ1) is 13.0. The van der Waals surface area contributed by atoms with E-state index in [-0.39, 0.29) is 17.7 Å². The topological polar surface area (TPSA) is 68.0 Å². The number of carbonyl (C=O) groups excluding carboxylic acids is 3. The summed E-state index contributed by atoms with van der Waals surface area (Å²) in [4.78, 5) is 42.6. The molecule has 0 N–H and O–H groups in total. The van der Waals surface area contributed by atoms with E-state index in [4.69, 9.17) is 11.3 Å². The molecule has 27 heavy (non-hydrogen) atoms. The number of imide groups is 1. The van der Waals surface area contributed by atoms with Crippen molar-refractivity contribution in [3.63, 3.8) is 0 Å². The van der Waals surface area contributed by atoms with Crippen LogP contribution in [0.4, 0.5) is 10.1 Å². The minimum absolute atomic E-state index is 0.186. The molecule has 0 radical (unpaired) electrons. The summed E-state index contributed by atoms with van der Waals surface area (Å²) in [5.74, 6) is -3.93. The van der Waals surface area contributed by atoms with Crippen LogP contribution in [0.1, 0.15) is 12.0 Å². The second kappa shape index (κ2) is 7.00. The van der Waals surface area contributed by atoms with Crippen molar-refractivity contribution in [3.8, 4) is 0 Å². The Morgan fingerprint density at radius 3 is 2.37 bits per heavy atom. The normalized spacial score (nSPS) is 18.7. The van der Waals surface area contributed by atoms with E-state index in [2.05, 4.69) is 4.85 Å². The number of amides is 2. The molecule has 1 saturated heterocycles. The lowest BCUT2D eigenvalue weighted by Crippen LogP contribution is -2.45. The molecule has 1 aliphatic heterocycles. The van der Waals surface area contributed by atoms with Gasteiger partial charge in [-0.2, -0.15) is 0 Å². The fraction of sp³-hybridized carbons (Fsp3) is 0.200. The van der Waals surface area contributed by atoms with Crippen LogP contribution < -0.4 is 4.90 Å². The number of nitrogens with zero attached hydrogens (tertiary/aromatic N) is 2. The van der Waals surface area contributed by atoms with Gasteiger partial charge in [0.2, 0.25) is 11.8 Å². The minimum Gasteiger partial charge on any atom is -0.463 e. The summed E-state index contributed by atoms with van der Waals surface area (Å²) in [5.41, 5.74) is -1.51. The van der Waals surface area contributed by atoms with Gasteiger partial charge in [0, 0.05) is 12.0 Å². The maximum atomic E-state index is 13.2. The summed E-state index contributed by atoms with van der Waals surface area (Å²) in [7, 11) is 1.13. The predicted octanol–water partition coefficient (Wildman–Crippen LogP) is 2.69. The SMILES string of the molecule is [C-]#[N+][C@](C(=O)OC)(c1ccccc1)[C@@H]1CC(=O)N(c2ccc(F)cc2)C1=O. The third kappa shape index (κ3) is 2.85. The molecule has 0 unspecified atom stereocenters. The minimum atomic E-state index is -1.97. The second-order valence-electron chi connectivity index (χ2n) is 6.04. The molecule has 1 heterocycles. The molecule has 7 heteroatoms. The van der Waals surface area contributed by atoms with Gasteiger partial charge in [-0.1, -0.05) is 30.3 Å². The molecular formula is C20H15FN2O4. The molecule has 0 aliphatic carbocycles. The smallest absolute Gasteiger partial charge is 0.399 e. The lowest BCUT2D eigenvalue weighted by molar-refractivity contribution is -0.149. The molecule has 0 saturated carbocycles. The Kier molecular flexibility index (Phi) is 4.74. The standard InChI is InChI=1S/C20H15FN2O4/c1-22-20(19(26)27-2,13-6-4-3-5-7-13)16-12-17(24)23(18(16)25)15-10-8-14(21)9-11-15/h3-11,16H,12H2,2H3/t16-,20-/m1/s1. The number of ether oxygens (including phenoxy) is 1.